The number of methoxy groups -OCH3 is 1. The van der Waals surface area contributed by atoms with Gasteiger partial charge in [-0.05, 0) is 55.9 Å². The highest BCUT2D eigenvalue weighted by Crippen LogP contribution is 2.30. The number of benzene rings is 2. The van der Waals surface area contributed by atoms with Gasteiger partial charge in [0.25, 0.3) is 0 Å². The summed E-state index contributed by atoms with van der Waals surface area (Å²) in [6, 6.07) is 18.3. The number of hydrogen-bond donors (Lipinski definition) is 2. The molecule has 6 heteroatoms. The Hall–Kier alpha value is -3.12. The highest BCUT2D eigenvalue weighted by atomic mass is 32.1. The first kappa shape index (κ1) is 19.2. The number of nitrogens with one attached hydrogen (secondary N) is 2. The Morgan fingerprint density at radius 3 is 2.69 bits per heavy atom. The highest BCUT2D eigenvalue weighted by Gasteiger charge is 2.14. The Bertz CT molecular complexity index is 1200. The topological polar surface area (TPSA) is 51.1 Å². The first-order valence-corrected chi connectivity index (χ1v) is 10.0. The molecule has 2 heterocycles. The van der Waals surface area contributed by atoms with E-state index < -0.39 is 0 Å². The zero-order valence-electron chi connectivity index (χ0n) is 16.8. The van der Waals surface area contributed by atoms with Crippen molar-refractivity contribution >= 4 is 45.0 Å². The van der Waals surface area contributed by atoms with Crippen LogP contribution in [0.3, 0.4) is 0 Å². The quantitative estimate of drug-likeness (QED) is 0.468. The number of thiocarbonyl (C=S) groups is 1. The van der Waals surface area contributed by atoms with E-state index in [1.54, 1.807) is 7.11 Å². The molecular formula is C23H24N4OS. The van der Waals surface area contributed by atoms with Gasteiger partial charge in [0.2, 0.25) is 0 Å². The molecule has 4 aromatic rings. The molecule has 0 saturated heterocycles. The molecule has 29 heavy (non-hydrogen) atoms. The van der Waals surface area contributed by atoms with E-state index in [1.165, 1.54) is 21.9 Å². The standard InChI is InChI=1S/C23H24N4OS/c1-15-14-16(2)25-22-21(15)17-8-4-6-10-19(17)27(22)13-12-24-23(29)26-18-9-5-7-11-20(18)28-3/h4-11,14H,12-13H2,1-3H3,(H2,24,26,29). The van der Waals surface area contributed by atoms with Crippen LogP contribution >= 0.6 is 12.2 Å². The minimum absolute atomic E-state index is 0.565. The summed E-state index contributed by atoms with van der Waals surface area (Å²) in [5.41, 5.74) is 5.34. The molecule has 0 bridgehead atoms. The number of anilines is 1. The zero-order chi connectivity index (χ0) is 20.4. The molecule has 0 atom stereocenters. The van der Waals surface area contributed by atoms with Crippen LogP contribution in [0, 0.1) is 13.8 Å². The van der Waals surface area contributed by atoms with Crippen LogP contribution in [0.15, 0.2) is 54.6 Å². The summed E-state index contributed by atoms with van der Waals surface area (Å²) in [6.07, 6.45) is 0. The van der Waals surface area contributed by atoms with Gasteiger partial charge in [-0.15, -0.1) is 0 Å². The average Bonchev–Trinajstić information content (AvgIpc) is 3.02. The van der Waals surface area contributed by atoms with E-state index in [0.717, 1.165) is 29.3 Å². The van der Waals surface area contributed by atoms with Gasteiger partial charge >= 0.3 is 0 Å². The van der Waals surface area contributed by atoms with E-state index in [-0.39, 0.29) is 0 Å². The maximum atomic E-state index is 5.47. The molecule has 0 unspecified atom stereocenters. The summed E-state index contributed by atoms with van der Waals surface area (Å²) in [4.78, 5) is 4.83. The number of hydrogen-bond acceptors (Lipinski definition) is 3. The molecule has 0 amide bonds. The summed E-state index contributed by atoms with van der Waals surface area (Å²) in [6.45, 7) is 5.63. The van der Waals surface area contributed by atoms with Crippen LogP contribution in [0.25, 0.3) is 21.9 Å². The molecule has 0 aliphatic carbocycles. The minimum Gasteiger partial charge on any atom is -0.495 e. The van der Waals surface area contributed by atoms with Crippen molar-refractivity contribution in [2.45, 2.75) is 20.4 Å². The van der Waals surface area contributed by atoms with E-state index in [1.807, 2.05) is 31.2 Å². The monoisotopic (exact) mass is 404 g/mol. The second-order valence-corrected chi connectivity index (χ2v) is 7.44. The summed E-state index contributed by atoms with van der Waals surface area (Å²) in [7, 11) is 1.65. The van der Waals surface area contributed by atoms with Gasteiger partial charge in [0.15, 0.2) is 5.11 Å². The molecule has 0 aliphatic heterocycles. The van der Waals surface area contributed by atoms with Crippen LogP contribution in [-0.2, 0) is 6.54 Å². The van der Waals surface area contributed by atoms with Crippen molar-refractivity contribution in [2.24, 2.45) is 0 Å². The fourth-order valence-electron chi connectivity index (χ4n) is 3.80. The zero-order valence-corrected chi connectivity index (χ0v) is 17.6. The van der Waals surface area contributed by atoms with Crippen LogP contribution in [0.4, 0.5) is 5.69 Å². The third-order valence-corrected chi connectivity index (χ3v) is 5.27. The largest absolute Gasteiger partial charge is 0.495 e. The van der Waals surface area contributed by atoms with Gasteiger partial charge in [0.05, 0.1) is 18.3 Å². The Morgan fingerprint density at radius 2 is 1.86 bits per heavy atom. The van der Waals surface area contributed by atoms with Crippen LogP contribution < -0.4 is 15.4 Å². The second-order valence-electron chi connectivity index (χ2n) is 7.03. The number of fused-ring (bicyclic) bond motifs is 3. The highest BCUT2D eigenvalue weighted by molar-refractivity contribution is 7.80. The second kappa shape index (κ2) is 8.09. The predicted octanol–water partition coefficient (Wildman–Crippen LogP) is 4.80. The number of nitrogens with zero attached hydrogens (tertiary/aromatic N) is 2. The minimum atomic E-state index is 0.565. The van der Waals surface area contributed by atoms with Gasteiger partial charge < -0.3 is 19.9 Å². The van der Waals surface area contributed by atoms with Crippen LogP contribution in [0.1, 0.15) is 11.3 Å². The molecule has 4 rings (SSSR count). The molecule has 2 aromatic heterocycles. The van der Waals surface area contributed by atoms with Gasteiger partial charge in [-0.2, -0.15) is 0 Å². The maximum absolute atomic E-state index is 5.47. The van der Waals surface area contributed by atoms with Crippen molar-refractivity contribution in [1.29, 1.82) is 0 Å². The summed E-state index contributed by atoms with van der Waals surface area (Å²) in [5.74, 6) is 0.759. The lowest BCUT2D eigenvalue weighted by Crippen LogP contribution is -2.31. The molecule has 5 nitrogen and oxygen atoms in total. The molecule has 2 N–H and O–H groups in total. The Kier molecular flexibility index (Phi) is 5.36. The number of ether oxygens (including phenoxy) is 1. The summed E-state index contributed by atoms with van der Waals surface area (Å²) in [5, 5.41) is 9.53. The molecular weight excluding hydrogens is 380 g/mol. The van der Waals surface area contributed by atoms with Crippen LogP contribution in [-0.4, -0.2) is 28.3 Å². The number of aromatic nitrogens is 2. The smallest absolute Gasteiger partial charge is 0.170 e. The van der Waals surface area contributed by atoms with E-state index in [0.29, 0.717) is 11.7 Å². The SMILES string of the molecule is COc1ccccc1NC(=S)NCCn1c2ccccc2c2c(C)cc(C)nc21. The van der Waals surface area contributed by atoms with Crippen molar-refractivity contribution in [3.8, 4) is 5.75 Å². The third-order valence-electron chi connectivity index (χ3n) is 5.02. The predicted molar refractivity (Wildman–Crippen MR) is 124 cm³/mol. The molecule has 0 radical (unpaired) electrons. The maximum Gasteiger partial charge on any atom is 0.170 e. The Balaban J connectivity index is 1.54. The van der Waals surface area contributed by atoms with Crippen molar-refractivity contribution < 1.29 is 4.74 Å². The number of pyridine rings is 1. The van der Waals surface area contributed by atoms with Crippen LogP contribution in [0.5, 0.6) is 5.75 Å². The van der Waals surface area contributed by atoms with Crippen molar-refractivity contribution in [3.05, 3.63) is 65.9 Å². The lowest BCUT2D eigenvalue weighted by atomic mass is 10.1. The van der Waals surface area contributed by atoms with E-state index >= 15 is 0 Å². The van der Waals surface area contributed by atoms with Gasteiger partial charge in [-0.25, -0.2) is 4.98 Å². The Labute approximate surface area is 175 Å². The molecule has 0 saturated carbocycles. The fourth-order valence-corrected chi connectivity index (χ4v) is 4.01. The number of rotatable bonds is 5. The number of aryl methyl sites for hydroxylation is 2. The van der Waals surface area contributed by atoms with Crippen LogP contribution in [0.2, 0.25) is 0 Å². The first-order chi connectivity index (χ1) is 14.1. The van der Waals surface area contributed by atoms with Gasteiger partial charge in [-0.1, -0.05) is 30.3 Å². The van der Waals surface area contributed by atoms with Crippen molar-refractivity contribution in [3.63, 3.8) is 0 Å². The molecule has 148 valence electrons. The van der Waals surface area contributed by atoms with Gasteiger partial charge in [-0.3, -0.25) is 0 Å². The first-order valence-electron chi connectivity index (χ1n) is 9.61. The lowest BCUT2D eigenvalue weighted by molar-refractivity contribution is 0.417. The molecule has 0 fully saturated rings. The van der Waals surface area contributed by atoms with E-state index in [9.17, 15) is 0 Å². The molecule has 0 spiro atoms. The van der Waals surface area contributed by atoms with Gasteiger partial charge in [0, 0.05) is 29.6 Å². The van der Waals surface area contributed by atoms with Crippen molar-refractivity contribution in [1.82, 2.24) is 14.9 Å². The normalized spacial score (nSPS) is 11.0. The Morgan fingerprint density at radius 1 is 1.10 bits per heavy atom. The third kappa shape index (κ3) is 3.76. The fraction of sp³-hybridized carbons (Fsp3) is 0.217. The van der Waals surface area contributed by atoms with Gasteiger partial charge in [0.1, 0.15) is 11.4 Å². The molecule has 2 aromatic carbocycles. The molecule has 0 aliphatic rings. The summed E-state index contributed by atoms with van der Waals surface area (Å²) >= 11 is 5.47. The summed E-state index contributed by atoms with van der Waals surface area (Å²) < 4.78 is 7.63. The lowest BCUT2D eigenvalue weighted by Gasteiger charge is -2.14. The van der Waals surface area contributed by atoms with Crippen molar-refractivity contribution in [2.75, 3.05) is 19.0 Å². The average molecular weight is 405 g/mol. The van der Waals surface area contributed by atoms with E-state index in [4.69, 9.17) is 21.9 Å². The number of para-hydroxylation sites is 3. The van der Waals surface area contributed by atoms with E-state index in [2.05, 4.69) is 52.5 Å².